The van der Waals surface area contributed by atoms with E-state index in [9.17, 15) is 19.2 Å². The first-order chi connectivity index (χ1) is 16.7. The second-order valence-electron chi connectivity index (χ2n) is 8.13. The lowest BCUT2D eigenvalue weighted by atomic mass is 9.80. The van der Waals surface area contributed by atoms with E-state index in [2.05, 4.69) is 21.2 Å². The molecule has 2 aromatic rings. The molecule has 0 bridgehead atoms. The van der Waals surface area contributed by atoms with Gasteiger partial charge in [0.2, 0.25) is 0 Å². The molecule has 2 aliphatic heterocycles. The van der Waals surface area contributed by atoms with Crippen LogP contribution in [-0.4, -0.2) is 48.9 Å². The molecule has 1 N–H and O–H groups in total. The number of esters is 2. The summed E-state index contributed by atoms with van der Waals surface area (Å²) in [6, 6.07) is 13.9. The fraction of sp³-hybridized carbons (Fsp3) is 0.231. The molecule has 8 nitrogen and oxygen atoms in total. The van der Waals surface area contributed by atoms with Crippen molar-refractivity contribution in [2.24, 2.45) is 0 Å². The first kappa shape index (κ1) is 24.4. The molecule has 2 aliphatic rings. The second kappa shape index (κ2) is 9.87. The van der Waals surface area contributed by atoms with Gasteiger partial charge in [0.15, 0.2) is 0 Å². The highest BCUT2D eigenvalue weighted by Gasteiger charge is 2.39. The minimum atomic E-state index is -0.729. The summed E-state index contributed by atoms with van der Waals surface area (Å²) in [4.78, 5) is 52.2. The Kier molecular flexibility index (Phi) is 6.88. The summed E-state index contributed by atoms with van der Waals surface area (Å²) in [6.45, 7) is 3.19. The van der Waals surface area contributed by atoms with Crippen molar-refractivity contribution in [3.63, 3.8) is 0 Å². The van der Waals surface area contributed by atoms with Crippen molar-refractivity contribution in [1.29, 1.82) is 0 Å². The third-order valence-corrected chi connectivity index (χ3v) is 6.49. The molecule has 1 atom stereocenters. The summed E-state index contributed by atoms with van der Waals surface area (Å²) in [5.41, 5.74) is 3.01. The van der Waals surface area contributed by atoms with Crippen molar-refractivity contribution in [2.45, 2.75) is 19.8 Å². The van der Waals surface area contributed by atoms with Crippen molar-refractivity contribution in [2.75, 3.05) is 20.3 Å². The average molecular weight is 539 g/mol. The number of halogens is 1. The van der Waals surface area contributed by atoms with Gasteiger partial charge in [-0.15, -0.1) is 0 Å². The van der Waals surface area contributed by atoms with Crippen LogP contribution in [0.1, 0.15) is 46.0 Å². The highest BCUT2D eigenvalue weighted by Crippen LogP contribution is 2.39. The number of rotatable bonds is 6. The van der Waals surface area contributed by atoms with E-state index >= 15 is 0 Å². The van der Waals surface area contributed by atoms with E-state index in [0.717, 1.165) is 9.37 Å². The summed E-state index contributed by atoms with van der Waals surface area (Å²) in [5.74, 6) is -2.80. The third-order valence-electron chi connectivity index (χ3n) is 5.99. The lowest BCUT2D eigenvalue weighted by Crippen LogP contribution is -2.35. The zero-order valence-corrected chi connectivity index (χ0v) is 21.0. The molecule has 0 radical (unpaired) electrons. The van der Waals surface area contributed by atoms with Crippen LogP contribution in [0.4, 0.5) is 0 Å². The fourth-order valence-electron chi connectivity index (χ4n) is 4.41. The lowest BCUT2D eigenvalue weighted by molar-refractivity contribution is -0.139. The van der Waals surface area contributed by atoms with E-state index in [1.807, 2.05) is 24.3 Å². The van der Waals surface area contributed by atoms with Crippen LogP contribution in [0, 0.1) is 0 Å². The number of carbonyl (C=O) groups is 4. The van der Waals surface area contributed by atoms with Crippen LogP contribution in [-0.2, 0) is 19.1 Å². The number of methoxy groups -OCH3 is 1. The summed E-state index contributed by atoms with van der Waals surface area (Å²) in [7, 11) is 1.28. The summed E-state index contributed by atoms with van der Waals surface area (Å²) < 4.78 is 11.3. The molecule has 0 aliphatic carbocycles. The number of benzene rings is 2. The van der Waals surface area contributed by atoms with Gasteiger partial charge in [0.1, 0.15) is 6.61 Å². The molecule has 180 valence electrons. The predicted molar refractivity (Wildman–Crippen MR) is 130 cm³/mol. The Labute approximate surface area is 210 Å². The van der Waals surface area contributed by atoms with Gasteiger partial charge in [-0.1, -0.05) is 40.2 Å². The topological polar surface area (TPSA) is 102 Å². The minimum Gasteiger partial charge on any atom is -0.466 e. The molecule has 2 aromatic carbocycles. The number of imide groups is 1. The molecule has 0 fully saturated rings. The van der Waals surface area contributed by atoms with Crippen LogP contribution in [0.15, 0.2) is 75.5 Å². The second-order valence-corrected chi connectivity index (χ2v) is 9.04. The Hall–Kier alpha value is -3.72. The number of fused-ring (bicyclic) bond motifs is 1. The first-order valence-corrected chi connectivity index (χ1v) is 11.7. The number of nitrogens with one attached hydrogen (secondary N) is 1. The molecule has 0 aromatic heterocycles. The van der Waals surface area contributed by atoms with Crippen molar-refractivity contribution in [3.8, 4) is 0 Å². The molecule has 9 heteroatoms. The Bertz CT molecular complexity index is 1280. The van der Waals surface area contributed by atoms with E-state index in [1.165, 1.54) is 7.11 Å². The van der Waals surface area contributed by atoms with Gasteiger partial charge in [-0.2, -0.15) is 0 Å². The summed E-state index contributed by atoms with van der Waals surface area (Å²) in [5, 5.41) is 3.07. The molecule has 0 saturated heterocycles. The van der Waals surface area contributed by atoms with E-state index in [1.54, 1.807) is 38.1 Å². The van der Waals surface area contributed by atoms with Crippen molar-refractivity contribution < 1.29 is 28.7 Å². The van der Waals surface area contributed by atoms with E-state index < -0.39 is 29.7 Å². The van der Waals surface area contributed by atoms with Crippen molar-refractivity contribution in [3.05, 3.63) is 92.2 Å². The highest BCUT2D eigenvalue weighted by molar-refractivity contribution is 9.10. The van der Waals surface area contributed by atoms with Gasteiger partial charge in [0.25, 0.3) is 11.8 Å². The fourth-order valence-corrected chi connectivity index (χ4v) is 4.83. The molecule has 1 unspecified atom stereocenters. The Morgan fingerprint density at radius 3 is 2.11 bits per heavy atom. The van der Waals surface area contributed by atoms with E-state index in [0.29, 0.717) is 33.7 Å². The molecule has 0 spiro atoms. The van der Waals surface area contributed by atoms with Crippen LogP contribution in [0.5, 0.6) is 0 Å². The molecule has 2 amide bonds. The number of hydrogen-bond donors (Lipinski definition) is 1. The monoisotopic (exact) mass is 538 g/mol. The largest absolute Gasteiger partial charge is 0.466 e. The normalized spacial score (nSPS) is 17.4. The standard InChI is InChI=1S/C26H23BrN2O6/c1-14-20(25(32)34-3)22(16-7-6-8-17(27)13-16)21(15(2)28-14)26(33)35-12-11-29-23(30)18-9-4-5-10-19(18)24(29)31/h4-10,13,22,28H,11-12H2,1-3H3. The molecule has 0 saturated carbocycles. The molecular formula is C26H23BrN2O6. The Morgan fingerprint density at radius 1 is 0.943 bits per heavy atom. The zero-order valence-electron chi connectivity index (χ0n) is 19.4. The third kappa shape index (κ3) is 4.51. The van der Waals surface area contributed by atoms with Gasteiger partial charge in [-0.25, -0.2) is 9.59 Å². The number of hydrogen-bond acceptors (Lipinski definition) is 7. The first-order valence-electron chi connectivity index (χ1n) is 10.9. The number of nitrogens with zero attached hydrogens (tertiary/aromatic N) is 1. The number of dihydropyridines is 1. The van der Waals surface area contributed by atoms with Gasteiger partial charge in [0, 0.05) is 15.9 Å². The van der Waals surface area contributed by atoms with Gasteiger partial charge in [-0.3, -0.25) is 14.5 Å². The quantitative estimate of drug-likeness (QED) is 0.441. The molecular weight excluding hydrogens is 516 g/mol. The number of amides is 2. The minimum absolute atomic E-state index is 0.0852. The number of ether oxygens (including phenoxy) is 2. The van der Waals surface area contributed by atoms with Crippen molar-refractivity contribution in [1.82, 2.24) is 10.2 Å². The highest BCUT2D eigenvalue weighted by atomic mass is 79.9. The number of allylic oxidation sites excluding steroid dienone is 2. The zero-order chi connectivity index (χ0) is 25.3. The smallest absolute Gasteiger partial charge is 0.336 e. The summed E-state index contributed by atoms with van der Waals surface area (Å²) in [6.07, 6.45) is 0. The van der Waals surface area contributed by atoms with Crippen LogP contribution < -0.4 is 5.32 Å². The Morgan fingerprint density at radius 2 is 1.54 bits per heavy atom. The van der Waals surface area contributed by atoms with Gasteiger partial charge < -0.3 is 14.8 Å². The van der Waals surface area contributed by atoms with Crippen LogP contribution in [0.3, 0.4) is 0 Å². The van der Waals surface area contributed by atoms with Gasteiger partial charge in [-0.05, 0) is 43.7 Å². The van der Waals surface area contributed by atoms with Gasteiger partial charge in [0.05, 0.1) is 41.8 Å². The lowest BCUT2D eigenvalue weighted by Gasteiger charge is -2.30. The van der Waals surface area contributed by atoms with Crippen LogP contribution >= 0.6 is 15.9 Å². The number of carbonyl (C=O) groups excluding carboxylic acids is 4. The molecule has 35 heavy (non-hydrogen) atoms. The summed E-state index contributed by atoms with van der Waals surface area (Å²) >= 11 is 3.44. The molecule has 4 rings (SSSR count). The van der Waals surface area contributed by atoms with Gasteiger partial charge >= 0.3 is 11.9 Å². The maximum Gasteiger partial charge on any atom is 0.336 e. The SMILES string of the molecule is COC(=O)C1=C(C)NC(C)=C(C(=O)OCCN2C(=O)c3ccccc3C2=O)C1c1cccc(Br)c1. The Balaban J connectivity index is 1.57. The maximum absolute atomic E-state index is 13.3. The average Bonchev–Trinajstić information content (AvgIpc) is 3.08. The van der Waals surface area contributed by atoms with Crippen LogP contribution in [0.2, 0.25) is 0 Å². The predicted octanol–water partition coefficient (Wildman–Crippen LogP) is 3.70. The van der Waals surface area contributed by atoms with E-state index in [-0.39, 0.29) is 18.7 Å². The van der Waals surface area contributed by atoms with Crippen LogP contribution in [0.25, 0.3) is 0 Å². The van der Waals surface area contributed by atoms with Crippen molar-refractivity contribution >= 4 is 39.7 Å². The maximum atomic E-state index is 13.3. The molecule has 2 heterocycles. The van der Waals surface area contributed by atoms with E-state index in [4.69, 9.17) is 9.47 Å².